The second kappa shape index (κ2) is 4.69. The van der Waals surface area contributed by atoms with E-state index < -0.39 is 0 Å². The number of thioether (sulfide) groups is 1. The molecular weight excluding hydrogens is 242 g/mol. The van der Waals surface area contributed by atoms with E-state index in [1.165, 1.54) is 17.9 Å². The van der Waals surface area contributed by atoms with E-state index in [4.69, 9.17) is 10.7 Å². The molecule has 2 aromatic rings. The molecule has 1 atom stereocenters. The highest BCUT2D eigenvalue weighted by atomic mass is 32.2. The van der Waals surface area contributed by atoms with Gasteiger partial charge in [-0.15, -0.1) is 0 Å². The molecule has 0 aliphatic carbocycles. The third kappa shape index (κ3) is 2.12. The van der Waals surface area contributed by atoms with Crippen molar-refractivity contribution in [3.63, 3.8) is 0 Å². The fourth-order valence-corrected chi connectivity index (χ4v) is 3.61. The summed E-state index contributed by atoms with van der Waals surface area (Å²) in [6.07, 6.45) is 1.25. The van der Waals surface area contributed by atoms with Crippen molar-refractivity contribution in [2.45, 2.75) is 12.5 Å². The number of anilines is 2. The Morgan fingerprint density at radius 1 is 1.33 bits per heavy atom. The zero-order valence-electron chi connectivity index (χ0n) is 10.5. The van der Waals surface area contributed by atoms with Gasteiger partial charge in [0.15, 0.2) is 0 Å². The highest BCUT2D eigenvalue weighted by molar-refractivity contribution is 7.99. The van der Waals surface area contributed by atoms with Gasteiger partial charge in [0.05, 0.1) is 5.52 Å². The van der Waals surface area contributed by atoms with Gasteiger partial charge in [0.25, 0.3) is 0 Å². The van der Waals surface area contributed by atoms with Crippen LogP contribution in [0.3, 0.4) is 0 Å². The molecule has 1 unspecified atom stereocenters. The Kier molecular flexibility index (Phi) is 3.04. The van der Waals surface area contributed by atoms with Crippen LogP contribution in [0.2, 0.25) is 0 Å². The van der Waals surface area contributed by atoms with Crippen LogP contribution in [0, 0.1) is 0 Å². The maximum atomic E-state index is 5.78. The summed E-state index contributed by atoms with van der Waals surface area (Å²) in [6, 6.07) is 10.7. The van der Waals surface area contributed by atoms with Crippen molar-refractivity contribution in [3.05, 3.63) is 30.3 Å². The van der Waals surface area contributed by atoms with Crippen LogP contribution in [-0.4, -0.2) is 29.6 Å². The van der Waals surface area contributed by atoms with Crippen LogP contribution in [-0.2, 0) is 0 Å². The molecular formula is C14H17N3S. The molecule has 0 bridgehead atoms. The third-order valence-corrected chi connectivity index (χ3v) is 4.66. The molecule has 1 aromatic heterocycles. The minimum absolute atomic E-state index is 0.619. The number of pyridine rings is 1. The molecule has 0 amide bonds. The molecule has 0 radical (unpaired) electrons. The zero-order valence-corrected chi connectivity index (χ0v) is 11.3. The van der Waals surface area contributed by atoms with E-state index in [9.17, 15) is 0 Å². The Hall–Kier alpha value is -1.42. The van der Waals surface area contributed by atoms with Crippen molar-refractivity contribution in [1.29, 1.82) is 0 Å². The van der Waals surface area contributed by atoms with Gasteiger partial charge in [-0.25, -0.2) is 4.98 Å². The zero-order chi connectivity index (χ0) is 12.5. The summed E-state index contributed by atoms with van der Waals surface area (Å²) in [5.74, 6) is 3.52. The Bertz CT molecular complexity index is 564. The SMILES string of the molecule is CN(c1ccc2cc(N)ccc2n1)C1CCSC1. The fraction of sp³-hybridized carbons (Fsp3) is 0.357. The maximum Gasteiger partial charge on any atom is 0.129 e. The van der Waals surface area contributed by atoms with Crippen LogP contribution < -0.4 is 10.6 Å². The van der Waals surface area contributed by atoms with Crippen LogP contribution in [0.15, 0.2) is 30.3 Å². The van der Waals surface area contributed by atoms with Crippen molar-refractivity contribution in [3.8, 4) is 0 Å². The summed E-state index contributed by atoms with van der Waals surface area (Å²) in [7, 11) is 2.14. The number of benzene rings is 1. The number of nitrogens with zero attached hydrogens (tertiary/aromatic N) is 2. The van der Waals surface area contributed by atoms with Crippen molar-refractivity contribution in [2.75, 3.05) is 29.2 Å². The topological polar surface area (TPSA) is 42.1 Å². The van der Waals surface area contributed by atoms with Crippen molar-refractivity contribution in [2.24, 2.45) is 0 Å². The number of rotatable bonds is 2. The molecule has 1 aliphatic rings. The standard InChI is InChI=1S/C14H17N3S/c1-17(12-6-7-18-9-12)14-5-2-10-8-11(15)3-4-13(10)16-14/h2-5,8,12H,6-7,9,15H2,1H3. The summed E-state index contributed by atoms with van der Waals surface area (Å²) in [4.78, 5) is 7.02. The molecule has 1 fully saturated rings. The van der Waals surface area contributed by atoms with Gasteiger partial charge in [0.1, 0.15) is 5.82 Å². The van der Waals surface area contributed by atoms with E-state index >= 15 is 0 Å². The number of hydrogen-bond acceptors (Lipinski definition) is 4. The maximum absolute atomic E-state index is 5.78. The Morgan fingerprint density at radius 3 is 3.00 bits per heavy atom. The smallest absolute Gasteiger partial charge is 0.129 e. The van der Waals surface area contributed by atoms with Gasteiger partial charge in [-0.05, 0) is 42.5 Å². The van der Waals surface area contributed by atoms with E-state index in [1.54, 1.807) is 0 Å². The highest BCUT2D eigenvalue weighted by Crippen LogP contribution is 2.26. The first-order valence-electron chi connectivity index (χ1n) is 6.21. The first-order valence-corrected chi connectivity index (χ1v) is 7.36. The molecule has 3 nitrogen and oxygen atoms in total. The highest BCUT2D eigenvalue weighted by Gasteiger charge is 2.21. The van der Waals surface area contributed by atoms with Crippen LogP contribution in [0.5, 0.6) is 0 Å². The lowest BCUT2D eigenvalue weighted by Crippen LogP contribution is -2.31. The second-order valence-corrected chi connectivity index (χ2v) is 5.90. The molecule has 0 saturated carbocycles. The van der Waals surface area contributed by atoms with Gasteiger partial charge < -0.3 is 10.6 Å². The molecule has 0 spiro atoms. The van der Waals surface area contributed by atoms with Crippen molar-refractivity contribution < 1.29 is 0 Å². The molecule has 18 heavy (non-hydrogen) atoms. The lowest BCUT2D eigenvalue weighted by atomic mass is 10.2. The second-order valence-electron chi connectivity index (χ2n) is 4.75. The lowest BCUT2D eigenvalue weighted by Gasteiger charge is -2.25. The Labute approximate surface area is 111 Å². The number of fused-ring (bicyclic) bond motifs is 1. The normalized spacial score (nSPS) is 19.3. The lowest BCUT2D eigenvalue weighted by molar-refractivity contribution is 0.693. The number of nitrogen functional groups attached to an aromatic ring is 1. The van der Waals surface area contributed by atoms with Gasteiger partial charge in [-0.1, -0.05) is 0 Å². The number of hydrogen-bond donors (Lipinski definition) is 1. The van der Waals surface area contributed by atoms with Crippen LogP contribution in [0.1, 0.15) is 6.42 Å². The summed E-state index contributed by atoms with van der Waals surface area (Å²) >= 11 is 2.02. The van der Waals surface area contributed by atoms with E-state index in [0.717, 1.165) is 22.4 Å². The molecule has 3 rings (SSSR count). The van der Waals surface area contributed by atoms with Crippen LogP contribution in [0.4, 0.5) is 11.5 Å². The average molecular weight is 259 g/mol. The quantitative estimate of drug-likeness (QED) is 0.842. The predicted octanol–water partition coefficient (Wildman–Crippen LogP) is 2.76. The van der Waals surface area contributed by atoms with Gasteiger partial charge in [-0.2, -0.15) is 11.8 Å². The first-order chi connectivity index (χ1) is 8.74. The molecule has 1 saturated heterocycles. The molecule has 94 valence electrons. The predicted molar refractivity (Wildman–Crippen MR) is 80.3 cm³/mol. The monoisotopic (exact) mass is 259 g/mol. The van der Waals surface area contributed by atoms with Crippen LogP contribution >= 0.6 is 11.8 Å². The summed E-state index contributed by atoms with van der Waals surface area (Å²) in [6.45, 7) is 0. The Balaban J connectivity index is 1.94. The molecule has 2 N–H and O–H groups in total. The third-order valence-electron chi connectivity index (χ3n) is 3.51. The van der Waals surface area contributed by atoms with Crippen molar-refractivity contribution in [1.82, 2.24) is 4.98 Å². The summed E-state index contributed by atoms with van der Waals surface area (Å²) in [5.41, 5.74) is 7.58. The van der Waals surface area contributed by atoms with E-state index in [0.29, 0.717) is 6.04 Å². The minimum atomic E-state index is 0.619. The molecule has 4 heteroatoms. The van der Waals surface area contributed by atoms with E-state index in [2.05, 4.69) is 24.1 Å². The largest absolute Gasteiger partial charge is 0.399 e. The summed E-state index contributed by atoms with van der Waals surface area (Å²) < 4.78 is 0. The number of aromatic nitrogens is 1. The molecule has 1 aliphatic heterocycles. The average Bonchev–Trinajstić information content (AvgIpc) is 2.91. The van der Waals surface area contributed by atoms with Crippen LogP contribution in [0.25, 0.3) is 10.9 Å². The van der Waals surface area contributed by atoms with E-state index in [-0.39, 0.29) is 0 Å². The van der Waals surface area contributed by atoms with E-state index in [1.807, 2.05) is 30.0 Å². The molecule has 1 aromatic carbocycles. The minimum Gasteiger partial charge on any atom is -0.399 e. The number of nitrogens with two attached hydrogens (primary N) is 1. The summed E-state index contributed by atoms with van der Waals surface area (Å²) in [5, 5.41) is 1.10. The van der Waals surface area contributed by atoms with Gasteiger partial charge in [0, 0.05) is 29.9 Å². The van der Waals surface area contributed by atoms with Gasteiger partial charge in [-0.3, -0.25) is 0 Å². The first kappa shape index (κ1) is 11.7. The Morgan fingerprint density at radius 2 is 2.22 bits per heavy atom. The van der Waals surface area contributed by atoms with Gasteiger partial charge in [0.2, 0.25) is 0 Å². The van der Waals surface area contributed by atoms with Gasteiger partial charge >= 0.3 is 0 Å². The van der Waals surface area contributed by atoms with Crippen molar-refractivity contribution >= 4 is 34.2 Å². The fourth-order valence-electron chi connectivity index (χ4n) is 2.34. The molecule has 2 heterocycles.